The number of carbonyl (C=O) groups excluding carboxylic acids is 2. The largest absolute Gasteiger partial charge is 0.476 e. The van der Waals surface area contributed by atoms with Gasteiger partial charge in [0, 0.05) is 12.1 Å². The lowest BCUT2D eigenvalue weighted by molar-refractivity contribution is -0.134. The third kappa shape index (κ3) is 4.12. The molecule has 6 heteroatoms. The summed E-state index contributed by atoms with van der Waals surface area (Å²) in [6, 6.07) is 5.54. The number of benzene rings is 1. The Morgan fingerprint density at radius 3 is 2.60 bits per heavy atom. The van der Waals surface area contributed by atoms with E-state index in [1.807, 2.05) is 39.0 Å². The molecule has 1 heterocycles. The molecule has 138 valence electrons. The Morgan fingerprint density at radius 1 is 1.32 bits per heavy atom. The van der Waals surface area contributed by atoms with Crippen molar-refractivity contribution in [3.05, 3.63) is 23.8 Å². The van der Waals surface area contributed by atoms with E-state index in [0.717, 1.165) is 18.4 Å². The van der Waals surface area contributed by atoms with Crippen LogP contribution in [0.1, 0.15) is 59.1 Å². The molecule has 1 aromatic carbocycles. The van der Waals surface area contributed by atoms with E-state index in [2.05, 4.69) is 5.32 Å². The first-order valence-corrected chi connectivity index (χ1v) is 8.89. The topological polar surface area (TPSA) is 84.7 Å². The van der Waals surface area contributed by atoms with Gasteiger partial charge in [0.15, 0.2) is 5.60 Å². The number of amides is 2. The maximum absolute atomic E-state index is 12.8. The lowest BCUT2D eigenvalue weighted by Gasteiger charge is -2.39. The highest BCUT2D eigenvalue weighted by molar-refractivity contribution is 6.05. The van der Waals surface area contributed by atoms with Gasteiger partial charge in [-0.1, -0.05) is 19.9 Å². The second kappa shape index (κ2) is 7.44. The Morgan fingerprint density at radius 2 is 2.00 bits per heavy atom. The molecule has 1 aromatic rings. The van der Waals surface area contributed by atoms with Crippen molar-refractivity contribution >= 4 is 17.5 Å². The molecule has 1 aliphatic heterocycles. The lowest BCUT2D eigenvalue weighted by atomic mass is 9.99. The van der Waals surface area contributed by atoms with Crippen molar-refractivity contribution in [2.45, 2.75) is 65.1 Å². The number of hydrogen-bond donors (Lipinski definition) is 2. The molecule has 0 radical (unpaired) electrons. The van der Waals surface area contributed by atoms with Gasteiger partial charge in [0.25, 0.3) is 5.91 Å². The third-order valence-electron chi connectivity index (χ3n) is 4.59. The van der Waals surface area contributed by atoms with Crippen LogP contribution in [0.3, 0.4) is 0 Å². The van der Waals surface area contributed by atoms with Crippen LogP contribution in [0.5, 0.6) is 5.75 Å². The van der Waals surface area contributed by atoms with Crippen LogP contribution in [0.2, 0.25) is 0 Å². The Bertz CT molecular complexity index is 657. The van der Waals surface area contributed by atoms with E-state index in [4.69, 9.17) is 10.5 Å². The smallest absolute Gasteiger partial charge is 0.271 e. The van der Waals surface area contributed by atoms with Crippen LogP contribution in [0, 0.1) is 0 Å². The zero-order valence-electron chi connectivity index (χ0n) is 15.8. The van der Waals surface area contributed by atoms with Gasteiger partial charge >= 0.3 is 0 Å². The van der Waals surface area contributed by atoms with Crippen LogP contribution in [0.25, 0.3) is 0 Å². The van der Waals surface area contributed by atoms with E-state index < -0.39 is 5.60 Å². The highest BCUT2D eigenvalue weighted by Crippen LogP contribution is 2.39. The lowest BCUT2D eigenvalue weighted by Crippen LogP contribution is -2.55. The number of fused-ring (bicyclic) bond motifs is 1. The van der Waals surface area contributed by atoms with Crippen molar-refractivity contribution in [2.24, 2.45) is 5.73 Å². The molecule has 2 unspecified atom stereocenters. The van der Waals surface area contributed by atoms with Crippen LogP contribution in [-0.2, 0) is 9.59 Å². The molecule has 0 bridgehead atoms. The van der Waals surface area contributed by atoms with Gasteiger partial charge in [0.1, 0.15) is 12.3 Å². The quantitative estimate of drug-likeness (QED) is 0.828. The van der Waals surface area contributed by atoms with E-state index in [0.29, 0.717) is 11.4 Å². The Labute approximate surface area is 149 Å². The van der Waals surface area contributed by atoms with E-state index in [1.165, 1.54) is 4.90 Å². The summed E-state index contributed by atoms with van der Waals surface area (Å²) >= 11 is 0. The summed E-state index contributed by atoms with van der Waals surface area (Å²) in [5, 5.41) is 2.91. The molecule has 2 amide bonds. The molecule has 1 aliphatic rings. The number of nitrogens with zero attached hydrogens (tertiary/aromatic N) is 1. The van der Waals surface area contributed by atoms with E-state index >= 15 is 0 Å². The monoisotopic (exact) mass is 347 g/mol. The van der Waals surface area contributed by atoms with E-state index in [1.54, 1.807) is 13.8 Å². The van der Waals surface area contributed by atoms with Crippen molar-refractivity contribution < 1.29 is 14.3 Å². The van der Waals surface area contributed by atoms with Crippen molar-refractivity contribution in [3.8, 4) is 5.75 Å². The minimum absolute atomic E-state index is 0.0339. The van der Waals surface area contributed by atoms with Gasteiger partial charge in [-0.3, -0.25) is 14.5 Å². The first-order chi connectivity index (χ1) is 11.7. The summed E-state index contributed by atoms with van der Waals surface area (Å²) in [5.74, 6) is 0.172. The highest BCUT2D eigenvalue weighted by atomic mass is 16.5. The van der Waals surface area contributed by atoms with Gasteiger partial charge in [-0.2, -0.15) is 0 Å². The van der Waals surface area contributed by atoms with Crippen LogP contribution < -0.4 is 20.7 Å². The average Bonchev–Trinajstić information content (AvgIpc) is 2.57. The fourth-order valence-electron chi connectivity index (χ4n) is 2.77. The SMILES string of the molecule is CCC(C)NC(=O)CN1C(=O)C(C)(C)Oc2ccc(C(N)CC)cc21. The van der Waals surface area contributed by atoms with Gasteiger partial charge in [-0.05, 0) is 51.3 Å². The molecular weight excluding hydrogens is 318 g/mol. The zero-order chi connectivity index (χ0) is 18.8. The zero-order valence-corrected chi connectivity index (χ0v) is 15.8. The Balaban J connectivity index is 2.37. The minimum atomic E-state index is -1.02. The molecule has 0 aromatic heterocycles. The second-order valence-electron chi connectivity index (χ2n) is 7.12. The minimum Gasteiger partial charge on any atom is -0.476 e. The van der Waals surface area contributed by atoms with Crippen molar-refractivity contribution in [1.29, 1.82) is 0 Å². The number of nitrogens with two attached hydrogens (primary N) is 1. The average molecular weight is 347 g/mol. The fraction of sp³-hybridized carbons (Fsp3) is 0.579. The normalized spacial score (nSPS) is 18.2. The molecule has 0 fully saturated rings. The van der Waals surface area contributed by atoms with Gasteiger partial charge in [0.2, 0.25) is 5.91 Å². The second-order valence-corrected chi connectivity index (χ2v) is 7.12. The number of anilines is 1. The van der Waals surface area contributed by atoms with Crippen molar-refractivity contribution in [3.63, 3.8) is 0 Å². The van der Waals surface area contributed by atoms with E-state index in [9.17, 15) is 9.59 Å². The van der Waals surface area contributed by atoms with Gasteiger partial charge in [-0.25, -0.2) is 0 Å². The summed E-state index contributed by atoms with van der Waals surface area (Å²) in [6.45, 7) is 9.34. The number of nitrogens with one attached hydrogen (secondary N) is 1. The van der Waals surface area contributed by atoms with Gasteiger partial charge in [-0.15, -0.1) is 0 Å². The van der Waals surface area contributed by atoms with Crippen LogP contribution in [-0.4, -0.2) is 30.0 Å². The van der Waals surface area contributed by atoms with Crippen LogP contribution in [0.4, 0.5) is 5.69 Å². The number of carbonyl (C=O) groups is 2. The van der Waals surface area contributed by atoms with Crippen molar-refractivity contribution in [2.75, 3.05) is 11.4 Å². The molecule has 0 saturated carbocycles. The molecule has 25 heavy (non-hydrogen) atoms. The molecule has 3 N–H and O–H groups in total. The first kappa shape index (κ1) is 19.2. The Kier molecular flexibility index (Phi) is 5.72. The summed E-state index contributed by atoms with van der Waals surface area (Å²) in [4.78, 5) is 26.7. The molecule has 0 saturated heterocycles. The Hall–Kier alpha value is -2.08. The van der Waals surface area contributed by atoms with Crippen LogP contribution in [0.15, 0.2) is 18.2 Å². The summed E-state index contributed by atoms with van der Waals surface area (Å²) in [7, 11) is 0. The van der Waals surface area contributed by atoms with Crippen molar-refractivity contribution in [1.82, 2.24) is 5.32 Å². The molecule has 0 spiro atoms. The molecule has 6 nitrogen and oxygen atoms in total. The predicted octanol–water partition coefficient (Wildman–Crippen LogP) is 2.52. The maximum Gasteiger partial charge on any atom is 0.271 e. The molecule has 0 aliphatic carbocycles. The summed E-state index contributed by atoms with van der Waals surface area (Å²) in [5.41, 5.74) is 6.63. The first-order valence-electron chi connectivity index (χ1n) is 8.89. The summed E-state index contributed by atoms with van der Waals surface area (Å²) < 4.78 is 5.85. The standard InChI is InChI=1S/C19H29N3O3/c1-6-12(3)21-17(23)11-22-15-10-13(14(20)7-2)8-9-16(15)25-19(4,5)18(22)24/h8-10,12,14H,6-7,11,20H2,1-5H3,(H,21,23). The number of hydrogen-bond acceptors (Lipinski definition) is 4. The van der Waals surface area contributed by atoms with Crippen LogP contribution >= 0.6 is 0 Å². The number of ether oxygens (including phenoxy) is 1. The number of rotatable bonds is 6. The van der Waals surface area contributed by atoms with Gasteiger partial charge < -0.3 is 15.8 Å². The van der Waals surface area contributed by atoms with E-state index in [-0.39, 0.29) is 30.4 Å². The molecule has 2 atom stereocenters. The predicted molar refractivity (Wildman–Crippen MR) is 98.6 cm³/mol. The molecule has 2 rings (SSSR count). The summed E-state index contributed by atoms with van der Waals surface area (Å²) in [6.07, 6.45) is 1.62. The van der Waals surface area contributed by atoms with Gasteiger partial charge in [0.05, 0.1) is 5.69 Å². The third-order valence-corrected chi connectivity index (χ3v) is 4.59. The fourth-order valence-corrected chi connectivity index (χ4v) is 2.77. The maximum atomic E-state index is 12.8. The highest BCUT2D eigenvalue weighted by Gasteiger charge is 2.41. The molecular formula is C19H29N3O3.